The van der Waals surface area contributed by atoms with Crippen LogP contribution in [0.5, 0.6) is 0 Å². The number of nitriles is 3. The van der Waals surface area contributed by atoms with E-state index in [1.807, 2.05) is 261 Å². The second kappa shape index (κ2) is 30.4. The van der Waals surface area contributed by atoms with E-state index in [1.54, 1.807) is 18.6 Å². The third kappa shape index (κ3) is 12.2. The predicted molar refractivity (Wildman–Crippen MR) is 503 cm³/mol. The molecule has 0 aliphatic heterocycles. The minimum Gasteiger partial charge on any atom is -0.456 e. The fourth-order valence-electron chi connectivity index (χ4n) is 18.0. The largest absolute Gasteiger partial charge is 0.456 e. The lowest BCUT2D eigenvalue weighted by atomic mass is 9.98. The van der Waals surface area contributed by atoms with Crippen LogP contribution in [-0.4, -0.2) is 28.7 Å². The van der Waals surface area contributed by atoms with Crippen LogP contribution in [0.1, 0.15) is 17.1 Å². The number of hydrogen-bond donors (Lipinski definition) is 0. The van der Waals surface area contributed by atoms with Gasteiger partial charge in [0.25, 0.3) is 0 Å². The molecule has 0 saturated heterocycles. The molecule has 0 radical (unpaired) electrons. The van der Waals surface area contributed by atoms with E-state index in [0.717, 1.165) is 198 Å². The number of nitrogens with zero attached hydrogens (tertiary/aromatic N) is 12. The monoisotopic (exact) mass is 1610 g/mol. The molecule has 0 aliphatic carbocycles. The zero-order valence-corrected chi connectivity index (χ0v) is 66.7. The van der Waals surface area contributed by atoms with Crippen LogP contribution in [0, 0.1) is 53.7 Å². The maximum atomic E-state index is 9.89. The van der Waals surface area contributed by atoms with Crippen LogP contribution in [0.4, 0.5) is 17.1 Å². The van der Waals surface area contributed by atoms with Crippen molar-refractivity contribution in [1.82, 2.24) is 28.7 Å². The summed E-state index contributed by atoms with van der Waals surface area (Å²) in [5.74, 6) is 0. The molecule has 0 bridgehead atoms. The van der Waals surface area contributed by atoms with Crippen LogP contribution in [-0.2, 0) is 0 Å². The lowest BCUT2D eigenvalue weighted by Gasteiger charge is -2.13. The van der Waals surface area contributed by atoms with E-state index in [-0.39, 0.29) is 0 Å². The Hall–Kier alpha value is -18.5. The first-order chi connectivity index (χ1) is 62.2. The summed E-state index contributed by atoms with van der Waals surface area (Å²) in [6.07, 6.45) is 5.16. The third-order valence-electron chi connectivity index (χ3n) is 23.8. The highest BCUT2D eigenvalue weighted by atomic mass is 16.3. The van der Waals surface area contributed by atoms with Gasteiger partial charge < -0.3 is 27.0 Å². The quantitative estimate of drug-likeness (QED) is 0.127. The Kier molecular flexibility index (Phi) is 17.8. The van der Waals surface area contributed by atoms with Gasteiger partial charge in [-0.1, -0.05) is 224 Å². The standard InChI is InChI=1S/3C37H20N4O/c1-39-31-20-24(30-19-25(22-40-32(30)21-38)23-9-3-2-4-10-23)15-18-34(31)41-33-13-7-5-11-26(33)28-16-17-29-27-12-6-8-14-35(27)42-37(29)36(28)41;1-39-30-20-24(29-19-25(22-40-31(29)21-38)23-9-3-2-4-10-23)15-17-33(30)41-32-13-7-5-11-26(32)27-16-18-35-36(37(27)41)28-12-6-8-14-34(28)42-35;1-39-31-18-24(28-17-25(22-40-32(28)21-38)23-9-3-2-4-10-23)15-16-34(31)41-33-13-7-5-11-26(33)29-19-30-27-12-6-8-14-36(27)42-37(30)20-35(29)41/h3*2-20,22H. The molecule has 0 spiro atoms. The van der Waals surface area contributed by atoms with Gasteiger partial charge in [-0.3, -0.25) is 0 Å². The summed E-state index contributed by atoms with van der Waals surface area (Å²) in [4.78, 5) is 25.3. The van der Waals surface area contributed by atoms with E-state index in [9.17, 15) is 15.8 Å². The van der Waals surface area contributed by atoms with Gasteiger partial charge in [-0.05, 0) is 149 Å². The zero-order chi connectivity index (χ0) is 84.6. The van der Waals surface area contributed by atoms with Crippen LogP contribution in [0.25, 0.3) is 230 Å². The predicted octanol–water partition coefficient (Wildman–Crippen LogP) is 29.5. The first kappa shape index (κ1) is 73.8. The molecule has 24 aromatic rings. The van der Waals surface area contributed by atoms with E-state index in [2.05, 4.69) is 146 Å². The lowest BCUT2D eigenvalue weighted by Crippen LogP contribution is -1.96. The average molecular weight is 1610 g/mol. The second-order valence-electron chi connectivity index (χ2n) is 30.6. The number of fused-ring (bicyclic) bond motifs is 20. The Bertz CT molecular complexity index is 8940. The van der Waals surface area contributed by atoms with E-state index in [0.29, 0.717) is 50.8 Å². The number of hydrogen-bond acceptors (Lipinski definition) is 9. The fourth-order valence-corrected chi connectivity index (χ4v) is 18.0. The first-order valence-corrected chi connectivity index (χ1v) is 40.7. The van der Waals surface area contributed by atoms with Gasteiger partial charge in [0.15, 0.2) is 5.58 Å². The van der Waals surface area contributed by atoms with Gasteiger partial charge in [-0.15, -0.1) is 0 Å². The molecule has 0 amide bonds. The maximum absolute atomic E-state index is 9.89. The molecule has 9 aromatic heterocycles. The smallest absolute Gasteiger partial charge is 0.211 e. The summed E-state index contributed by atoms with van der Waals surface area (Å²) in [5.41, 5.74) is 25.6. The fraction of sp³-hybridized carbons (Fsp3) is 0. The molecule has 582 valence electrons. The maximum Gasteiger partial charge on any atom is 0.211 e. The lowest BCUT2D eigenvalue weighted by molar-refractivity contribution is 0.669. The number of para-hydroxylation sites is 6. The van der Waals surface area contributed by atoms with Crippen LogP contribution in [0.15, 0.2) is 378 Å². The van der Waals surface area contributed by atoms with Gasteiger partial charge in [0.2, 0.25) is 17.1 Å². The molecule has 9 heterocycles. The molecule has 0 aliphatic rings. The molecule has 0 fully saturated rings. The average Bonchev–Trinajstić information content (AvgIpc) is 1.57. The van der Waals surface area contributed by atoms with Gasteiger partial charge in [0, 0.05) is 117 Å². The Morgan fingerprint density at radius 3 is 1.07 bits per heavy atom. The van der Waals surface area contributed by atoms with Crippen LogP contribution < -0.4 is 0 Å². The normalized spacial score (nSPS) is 11.3. The van der Waals surface area contributed by atoms with Crippen molar-refractivity contribution in [3.8, 4) is 102 Å². The topological polar surface area (TPSA) is 177 Å². The zero-order valence-electron chi connectivity index (χ0n) is 66.7. The van der Waals surface area contributed by atoms with Crippen molar-refractivity contribution in [1.29, 1.82) is 15.8 Å². The van der Waals surface area contributed by atoms with Crippen molar-refractivity contribution in [2.75, 3.05) is 0 Å². The summed E-state index contributed by atoms with van der Waals surface area (Å²) in [6.45, 7) is 24.6. The van der Waals surface area contributed by atoms with Gasteiger partial charge in [-0.25, -0.2) is 29.5 Å². The highest BCUT2D eigenvalue weighted by molar-refractivity contribution is 6.26. The van der Waals surface area contributed by atoms with Crippen molar-refractivity contribution in [2.45, 2.75) is 0 Å². The molecule has 126 heavy (non-hydrogen) atoms. The minimum absolute atomic E-state index is 0.319. The van der Waals surface area contributed by atoms with Gasteiger partial charge in [0.1, 0.15) is 63.2 Å². The van der Waals surface area contributed by atoms with Crippen LogP contribution in [0.2, 0.25) is 0 Å². The van der Waals surface area contributed by atoms with E-state index in [1.165, 1.54) is 0 Å². The third-order valence-corrected chi connectivity index (χ3v) is 23.8. The molecule has 0 atom stereocenters. The number of benzene rings is 15. The molecule has 0 saturated carbocycles. The number of rotatable bonds is 9. The molecule has 15 aromatic carbocycles. The summed E-state index contributed by atoms with van der Waals surface area (Å²) < 4.78 is 25.4. The summed E-state index contributed by atoms with van der Waals surface area (Å²) in [6, 6.07) is 121. The molecule has 0 N–H and O–H groups in total. The second-order valence-corrected chi connectivity index (χ2v) is 30.6. The molecule has 15 nitrogen and oxygen atoms in total. The van der Waals surface area contributed by atoms with Crippen molar-refractivity contribution >= 4 is 148 Å². The Morgan fingerprint density at radius 2 is 0.603 bits per heavy atom. The highest BCUT2D eigenvalue weighted by Gasteiger charge is 2.26. The minimum atomic E-state index is 0.319. The van der Waals surface area contributed by atoms with Crippen molar-refractivity contribution < 1.29 is 13.3 Å². The summed E-state index contributed by atoms with van der Waals surface area (Å²) in [7, 11) is 0. The SMILES string of the molecule is [C-]#[N+]c1cc(-c2cc(-c3ccccc3)cnc2C#N)ccc1-n1c2ccccc2c2cc3c(cc21)oc1ccccc13.[C-]#[N+]c1cc(-c2cc(-c3ccccc3)cnc2C#N)ccc1-n1c2ccccc2c2ccc3c4ccccc4oc3c21.[C-]#[N+]c1cc(-c2cc(-c3ccccc3)cnc2C#N)ccc1-n1c2ccccc2c2ccc3oc4ccccc4c3c21. The number of aromatic nitrogens is 6. The Morgan fingerprint density at radius 1 is 0.246 bits per heavy atom. The molecule has 15 heteroatoms. The molecular weight excluding hydrogens is 1550 g/mol. The van der Waals surface area contributed by atoms with Gasteiger partial charge >= 0.3 is 0 Å². The number of pyridine rings is 3. The van der Waals surface area contributed by atoms with Crippen LogP contribution in [0.3, 0.4) is 0 Å². The van der Waals surface area contributed by atoms with Gasteiger partial charge in [-0.2, -0.15) is 15.8 Å². The summed E-state index contributed by atoms with van der Waals surface area (Å²) >= 11 is 0. The van der Waals surface area contributed by atoms with E-state index >= 15 is 0 Å². The molecular formula is C111H60N12O3. The van der Waals surface area contributed by atoms with Crippen molar-refractivity contribution in [2.24, 2.45) is 0 Å². The Balaban J connectivity index is 0.000000112. The van der Waals surface area contributed by atoms with Crippen molar-refractivity contribution in [3.63, 3.8) is 0 Å². The first-order valence-electron chi connectivity index (χ1n) is 40.7. The Labute approximate surface area is 719 Å². The highest BCUT2D eigenvalue weighted by Crippen LogP contribution is 2.48. The van der Waals surface area contributed by atoms with Crippen LogP contribution >= 0.6 is 0 Å². The molecule has 0 unspecified atom stereocenters. The van der Waals surface area contributed by atoms with E-state index in [4.69, 9.17) is 33.0 Å². The van der Waals surface area contributed by atoms with E-state index < -0.39 is 0 Å². The van der Waals surface area contributed by atoms with Gasteiger partial charge in [0.05, 0.1) is 75.3 Å². The number of furan rings is 3. The molecule has 24 rings (SSSR count). The van der Waals surface area contributed by atoms with Crippen molar-refractivity contribution in [3.05, 3.63) is 416 Å². The summed E-state index contributed by atoms with van der Waals surface area (Å²) in [5, 5.41) is 42.5.